The number of para-hydroxylation sites is 2. The molecule has 30 heavy (non-hydrogen) atoms. The van der Waals surface area contributed by atoms with E-state index in [4.69, 9.17) is 4.74 Å². The van der Waals surface area contributed by atoms with E-state index in [9.17, 15) is 9.59 Å². The van der Waals surface area contributed by atoms with E-state index in [1.54, 1.807) is 36.4 Å². The summed E-state index contributed by atoms with van der Waals surface area (Å²) in [6.45, 7) is 5.23. The van der Waals surface area contributed by atoms with Crippen molar-refractivity contribution in [3.63, 3.8) is 0 Å². The monoisotopic (exact) mass is 407 g/mol. The Bertz CT molecular complexity index is 1100. The largest absolute Gasteiger partial charge is 0.492 e. The number of aryl methyl sites for hydroxylation is 1. The molecule has 3 aromatic rings. The molecule has 1 saturated heterocycles. The molecule has 2 aromatic heterocycles. The third-order valence-electron chi connectivity index (χ3n) is 5.20. The second kappa shape index (κ2) is 8.44. The zero-order chi connectivity index (χ0) is 21.1. The quantitative estimate of drug-likeness (QED) is 0.646. The summed E-state index contributed by atoms with van der Waals surface area (Å²) in [5, 5.41) is 4.10. The molecule has 0 aliphatic carbocycles. The van der Waals surface area contributed by atoms with E-state index >= 15 is 0 Å². The molecule has 1 amide bonds. The Kier molecular flexibility index (Phi) is 5.56. The first-order chi connectivity index (χ1) is 14.6. The van der Waals surface area contributed by atoms with Crippen molar-refractivity contribution in [2.24, 2.45) is 7.05 Å². The highest BCUT2D eigenvalue weighted by Gasteiger charge is 2.24. The van der Waals surface area contributed by atoms with Gasteiger partial charge in [-0.1, -0.05) is 12.1 Å². The van der Waals surface area contributed by atoms with Crippen LogP contribution in [-0.2, 0) is 7.05 Å². The molecule has 0 unspecified atom stereocenters. The van der Waals surface area contributed by atoms with Gasteiger partial charge < -0.3 is 14.5 Å². The summed E-state index contributed by atoms with van der Waals surface area (Å²) < 4.78 is 8.81. The van der Waals surface area contributed by atoms with Gasteiger partial charge in [0.25, 0.3) is 11.5 Å². The number of hydrogen-bond acceptors (Lipinski definition) is 5. The summed E-state index contributed by atoms with van der Waals surface area (Å²) in [6, 6.07) is 11.0. The highest BCUT2D eigenvalue weighted by atomic mass is 16.5. The van der Waals surface area contributed by atoms with Crippen molar-refractivity contribution in [1.82, 2.24) is 19.2 Å². The number of ether oxygens (including phenoxy) is 1. The van der Waals surface area contributed by atoms with E-state index in [1.165, 1.54) is 10.6 Å². The molecule has 8 heteroatoms. The van der Waals surface area contributed by atoms with Gasteiger partial charge in [0.1, 0.15) is 5.75 Å². The zero-order valence-corrected chi connectivity index (χ0v) is 17.2. The van der Waals surface area contributed by atoms with Gasteiger partial charge in [-0.15, -0.1) is 0 Å². The fourth-order valence-electron chi connectivity index (χ4n) is 3.68. The zero-order valence-electron chi connectivity index (χ0n) is 17.2. The van der Waals surface area contributed by atoms with Crippen molar-refractivity contribution < 1.29 is 9.53 Å². The van der Waals surface area contributed by atoms with Crippen LogP contribution in [0.2, 0.25) is 0 Å². The maximum Gasteiger partial charge on any atom is 0.255 e. The number of anilines is 1. The van der Waals surface area contributed by atoms with E-state index in [2.05, 4.69) is 10.00 Å². The van der Waals surface area contributed by atoms with Crippen LogP contribution < -0.4 is 15.2 Å². The number of nitrogens with zero attached hydrogens (tertiary/aromatic N) is 5. The maximum absolute atomic E-state index is 13.1. The second-order valence-electron chi connectivity index (χ2n) is 7.18. The number of aromatic nitrogens is 3. The van der Waals surface area contributed by atoms with Crippen molar-refractivity contribution in [3.05, 3.63) is 70.9 Å². The van der Waals surface area contributed by atoms with Crippen molar-refractivity contribution in [2.45, 2.75) is 6.92 Å². The van der Waals surface area contributed by atoms with Gasteiger partial charge in [-0.05, 0) is 25.1 Å². The van der Waals surface area contributed by atoms with Crippen molar-refractivity contribution in [1.29, 1.82) is 0 Å². The summed E-state index contributed by atoms with van der Waals surface area (Å²) in [4.78, 5) is 29.4. The second-order valence-corrected chi connectivity index (χ2v) is 7.18. The number of benzene rings is 1. The molecule has 1 aromatic carbocycles. The average Bonchev–Trinajstić information content (AvgIpc) is 3.20. The van der Waals surface area contributed by atoms with Crippen LogP contribution in [0.5, 0.6) is 5.75 Å². The minimum Gasteiger partial charge on any atom is -0.492 e. The van der Waals surface area contributed by atoms with Crippen LogP contribution in [0.3, 0.4) is 0 Å². The van der Waals surface area contributed by atoms with Crippen LogP contribution in [0.15, 0.2) is 59.8 Å². The molecule has 3 heterocycles. The van der Waals surface area contributed by atoms with Crippen LogP contribution in [0.25, 0.3) is 5.69 Å². The van der Waals surface area contributed by atoms with Crippen LogP contribution in [0.1, 0.15) is 17.3 Å². The fourth-order valence-corrected chi connectivity index (χ4v) is 3.68. The lowest BCUT2D eigenvalue weighted by Gasteiger charge is -2.36. The summed E-state index contributed by atoms with van der Waals surface area (Å²) in [7, 11) is 1.78. The molecule has 156 valence electrons. The van der Waals surface area contributed by atoms with Crippen LogP contribution in [0.4, 0.5) is 5.69 Å². The summed E-state index contributed by atoms with van der Waals surface area (Å²) in [6.07, 6.45) is 4.94. The minimum absolute atomic E-state index is 0.0783. The van der Waals surface area contributed by atoms with Crippen molar-refractivity contribution in [3.8, 4) is 11.4 Å². The Labute approximate surface area is 174 Å². The highest BCUT2D eigenvalue weighted by molar-refractivity contribution is 5.94. The molecule has 1 aliphatic heterocycles. The first-order valence-electron chi connectivity index (χ1n) is 10.0. The van der Waals surface area contributed by atoms with E-state index in [1.807, 2.05) is 36.1 Å². The van der Waals surface area contributed by atoms with Crippen LogP contribution in [0, 0.1) is 0 Å². The number of piperazine rings is 1. The lowest BCUT2D eigenvalue weighted by molar-refractivity contribution is 0.0746. The first-order valence-corrected chi connectivity index (χ1v) is 10.0. The third-order valence-corrected chi connectivity index (χ3v) is 5.20. The molecule has 1 fully saturated rings. The number of carbonyl (C=O) groups excluding carboxylic acids is 1. The molecule has 0 spiro atoms. The molecular weight excluding hydrogens is 382 g/mol. The van der Waals surface area contributed by atoms with Gasteiger partial charge >= 0.3 is 0 Å². The topological polar surface area (TPSA) is 72.6 Å². The Morgan fingerprint density at radius 3 is 2.53 bits per heavy atom. The smallest absolute Gasteiger partial charge is 0.255 e. The SMILES string of the molecule is CCOc1ccccc1N1CCN(C(=O)c2ccc(=O)n(-c3cnn(C)c3)c2)CC1. The predicted octanol–water partition coefficient (Wildman–Crippen LogP) is 1.93. The number of carbonyl (C=O) groups is 1. The van der Waals surface area contributed by atoms with Crippen LogP contribution >= 0.6 is 0 Å². The summed E-state index contributed by atoms with van der Waals surface area (Å²) in [5.41, 5.74) is 1.98. The number of rotatable bonds is 5. The molecule has 0 bridgehead atoms. The van der Waals surface area contributed by atoms with Gasteiger partial charge in [0.05, 0.1) is 29.7 Å². The highest BCUT2D eigenvalue weighted by Crippen LogP contribution is 2.29. The fraction of sp³-hybridized carbons (Fsp3) is 0.318. The number of hydrogen-bond donors (Lipinski definition) is 0. The Balaban J connectivity index is 1.48. The molecule has 0 radical (unpaired) electrons. The minimum atomic E-state index is -0.197. The summed E-state index contributed by atoms with van der Waals surface area (Å²) >= 11 is 0. The van der Waals surface area contributed by atoms with E-state index in [-0.39, 0.29) is 11.5 Å². The molecule has 0 N–H and O–H groups in total. The normalized spacial score (nSPS) is 14.1. The van der Waals surface area contributed by atoms with Gasteiger partial charge in [0, 0.05) is 51.7 Å². The van der Waals surface area contributed by atoms with Gasteiger partial charge in [-0.25, -0.2) is 0 Å². The van der Waals surface area contributed by atoms with Gasteiger partial charge in [-0.2, -0.15) is 5.10 Å². The van der Waals surface area contributed by atoms with E-state index in [0.717, 1.165) is 24.5 Å². The van der Waals surface area contributed by atoms with Gasteiger partial charge in [0.2, 0.25) is 0 Å². The molecule has 0 atom stereocenters. The molecule has 0 saturated carbocycles. The summed E-state index contributed by atoms with van der Waals surface area (Å²) in [5.74, 6) is 0.786. The maximum atomic E-state index is 13.1. The van der Waals surface area contributed by atoms with Gasteiger partial charge in [0.15, 0.2) is 0 Å². The van der Waals surface area contributed by atoms with E-state index in [0.29, 0.717) is 30.9 Å². The first kappa shape index (κ1) is 19.8. The molecular formula is C22H25N5O3. The Morgan fingerprint density at radius 1 is 1.07 bits per heavy atom. The van der Waals surface area contributed by atoms with Crippen LogP contribution in [-0.4, -0.2) is 57.9 Å². The molecule has 8 nitrogen and oxygen atoms in total. The number of amides is 1. The van der Waals surface area contributed by atoms with E-state index < -0.39 is 0 Å². The lowest BCUT2D eigenvalue weighted by Crippen LogP contribution is -2.49. The van der Waals surface area contributed by atoms with Crippen molar-refractivity contribution in [2.75, 3.05) is 37.7 Å². The Morgan fingerprint density at radius 2 is 1.83 bits per heavy atom. The standard InChI is InChI=1S/C22H25N5O3/c1-3-30-20-7-5-4-6-19(20)25-10-12-26(13-11-25)22(29)17-8-9-21(28)27(15-17)18-14-23-24(2)16-18/h4-9,14-16H,3,10-13H2,1-2H3. The molecule has 4 rings (SSSR count). The average molecular weight is 407 g/mol. The Hall–Kier alpha value is -3.55. The third kappa shape index (κ3) is 3.94. The lowest BCUT2D eigenvalue weighted by atomic mass is 10.2. The number of pyridine rings is 1. The molecule has 1 aliphatic rings. The van der Waals surface area contributed by atoms with Gasteiger partial charge in [-0.3, -0.25) is 18.8 Å². The van der Waals surface area contributed by atoms with Crippen molar-refractivity contribution >= 4 is 11.6 Å². The predicted molar refractivity (Wildman–Crippen MR) is 115 cm³/mol.